The van der Waals surface area contributed by atoms with Gasteiger partial charge in [0.2, 0.25) is 0 Å². The van der Waals surface area contributed by atoms with Crippen molar-refractivity contribution in [2.75, 3.05) is 18.1 Å². The smallest absolute Gasteiger partial charge is 0.304 e. The van der Waals surface area contributed by atoms with E-state index in [9.17, 15) is 15.0 Å². The summed E-state index contributed by atoms with van der Waals surface area (Å²) in [6.07, 6.45) is -1.03. The van der Waals surface area contributed by atoms with Gasteiger partial charge in [-0.2, -0.15) is 11.8 Å². The zero-order valence-corrected chi connectivity index (χ0v) is 9.15. The number of ether oxygens (including phenoxy) is 1. The van der Waals surface area contributed by atoms with Gasteiger partial charge in [-0.3, -0.25) is 4.79 Å². The fourth-order valence-electron chi connectivity index (χ4n) is 1.33. The first-order chi connectivity index (χ1) is 7.09. The highest BCUT2D eigenvalue weighted by Gasteiger charge is 2.27. The lowest BCUT2D eigenvalue weighted by atomic mass is 10.1. The number of aliphatic hydroxyl groups excluding tert-OH is 2. The molecule has 0 aliphatic carbocycles. The van der Waals surface area contributed by atoms with Crippen LogP contribution in [0.25, 0.3) is 0 Å². The van der Waals surface area contributed by atoms with Crippen molar-refractivity contribution in [2.45, 2.75) is 31.2 Å². The molecule has 1 fully saturated rings. The average molecular weight is 236 g/mol. The lowest BCUT2D eigenvalue weighted by molar-refractivity contribution is -0.136. The number of hydrogen-bond donors (Lipinski definition) is 3. The van der Waals surface area contributed by atoms with Crippen molar-refractivity contribution < 1.29 is 24.9 Å². The highest BCUT2D eigenvalue weighted by molar-refractivity contribution is 7.99. The second-order valence-corrected chi connectivity index (χ2v) is 4.69. The Bertz CT molecular complexity index is 211. The van der Waals surface area contributed by atoms with Crippen LogP contribution in [0.4, 0.5) is 0 Å². The number of rotatable bonds is 5. The lowest BCUT2D eigenvalue weighted by Crippen LogP contribution is -2.42. The molecule has 1 aliphatic heterocycles. The molecule has 0 aromatic rings. The Balaban J connectivity index is 2.09. The number of carboxylic acids is 1. The molecule has 5 nitrogen and oxygen atoms in total. The van der Waals surface area contributed by atoms with E-state index in [4.69, 9.17) is 9.84 Å². The summed E-state index contributed by atoms with van der Waals surface area (Å²) in [7, 11) is 0. The Morgan fingerprint density at radius 3 is 2.73 bits per heavy atom. The molecule has 0 amide bonds. The molecule has 88 valence electrons. The van der Waals surface area contributed by atoms with Gasteiger partial charge in [0.1, 0.15) is 6.10 Å². The Kier molecular flexibility index (Phi) is 5.38. The zero-order chi connectivity index (χ0) is 11.3. The molecule has 1 saturated heterocycles. The van der Waals surface area contributed by atoms with Crippen molar-refractivity contribution in [3.05, 3.63) is 0 Å². The molecule has 0 unspecified atom stereocenters. The molecule has 0 saturated carbocycles. The summed E-state index contributed by atoms with van der Waals surface area (Å²) in [6.45, 7) is 0.158. The largest absolute Gasteiger partial charge is 0.481 e. The van der Waals surface area contributed by atoms with Crippen LogP contribution in [-0.4, -0.2) is 57.7 Å². The van der Waals surface area contributed by atoms with Crippen LogP contribution in [-0.2, 0) is 9.53 Å². The third-order valence-corrected chi connectivity index (χ3v) is 3.32. The molecule has 0 spiro atoms. The van der Waals surface area contributed by atoms with Gasteiger partial charge in [-0.25, -0.2) is 0 Å². The second kappa shape index (κ2) is 6.32. The Morgan fingerprint density at radius 2 is 2.13 bits per heavy atom. The van der Waals surface area contributed by atoms with Gasteiger partial charge in [0, 0.05) is 17.9 Å². The minimum atomic E-state index is -0.803. The minimum absolute atomic E-state index is 0.0813. The van der Waals surface area contributed by atoms with Gasteiger partial charge < -0.3 is 20.1 Å². The Labute approximate surface area is 92.4 Å². The van der Waals surface area contributed by atoms with E-state index in [1.807, 2.05) is 0 Å². The quantitative estimate of drug-likeness (QED) is 0.568. The molecular weight excluding hydrogens is 220 g/mol. The maximum Gasteiger partial charge on any atom is 0.304 e. The molecule has 0 bridgehead atoms. The molecule has 6 heteroatoms. The maximum atomic E-state index is 10.2. The third-order valence-electron chi connectivity index (χ3n) is 2.22. The number of thioether (sulfide) groups is 1. The molecule has 1 aliphatic rings. The number of aliphatic carboxylic acids is 1. The molecule has 0 radical (unpaired) electrons. The molecule has 1 heterocycles. The van der Waals surface area contributed by atoms with Crippen molar-refractivity contribution in [2.24, 2.45) is 0 Å². The van der Waals surface area contributed by atoms with Crippen LogP contribution in [0.3, 0.4) is 0 Å². The normalized spacial score (nSPS) is 31.5. The summed E-state index contributed by atoms with van der Waals surface area (Å²) in [5.74, 6) is 0.410. The van der Waals surface area contributed by atoms with E-state index in [1.165, 1.54) is 11.8 Å². The molecule has 3 N–H and O–H groups in total. The summed E-state index contributed by atoms with van der Waals surface area (Å²) in [6, 6.07) is 0. The van der Waals surface area contributed by atoms with Crippen LogP contribution in [0.5, 0.6) is 0 Å². The van der Waals surface area contributed by atoms with Gasteiger partial charge in [0.25, 0.3) is 0 Å². The molecule has 0 aromatic heterocycles. The van der Waals surface area contributed by atoms with E-state index in [1.54, 1.807) is 0 Å². The molecular formula is C9H16O5S. The highest BCUT2D eigenvalue weighted by atomic mass is 32.2. The van der Waals surface area contributed by atoms with Crippen LogP contribution in [0, 0.1) is 0 Å². The van der Waals surface area contributed by atoms with E-state index < -0.39 is 18.2 Å². The van der Waals surface area contributed by atoms with Gasteiger partial charge in [0.15, 0.2) is 0 Å². The molecule has 15 heavy (non-hydrogen) atoms. The van der Waals surface area contributed by atoms with Gasteiger partial charge >= 0.3 is 5.97 Å². The number of aliphatic hydroxyl groups is 2. The Morgan fingerprint density at radius 1 is 1.40 bits per heavy atom. The van der Waals surface area contributed by atoms with E-state index in [-0.39, 0.29) is 19.1 Å². The predicted octanol–water partition coefficient (Wildman–Crippen LogP) is -0.295. The Hall–Kier alpha value is -0.300. The fourth-order valence-corrected chi connectivity index (χ4v) is 2.31. The van der Waals surface area contributed by atoms with E-state index in [0.717, 1.165) is 0 Å². The van der Waals surface area contributed by atoms with Crippen molar-refractivity contribution in [1.82, 2.24) is 0 Å². The molecule has 1 rings (SSSR count). The number of carboxylic acid groups (broad SMARTS) is 1. The highest BCUT2D eigenvalue weighted by Crippen LogP contribution is 2.18. The second-order valence-electron chi connectivity index (χ2n) is 3.54. The monoisotopic (exact) mass is 236 g/mol. The van der Waals surface area contributed by atoms with Crippen LogP contribution in [0.2, 0.25) is 0 Å². The van der Waals surface area contributed by atoms with Crippen LogP contribution in [0.15, 0.2) is 0 Å². The molecule has 3 atom stereocenters. The molecule has 0 aromatic carbocycles. The predicted molar refractivity (Wildman–Crippen MR) is 55.9 cm³/mol. The van der Waals surface area contributed by atoms with Crippen molar-refractivity contribution in [3.8, 4) is 0 Å². The summed E-state index contributed by atoms with van der Waals surface area (Å²) < 4.78 is 5.29. The van der Waals surface area contributed by atoms with Gasteiger partial charge in [0.05, 0.1) is 25.2 Å². The van der Waals surface area contributed by atoms with Crippen molar-refractivity contribution in [1.29, 1.82) is 0 Å². The standard InChI is InChI=1S/C9H16O5S/c10-7-3-6(14-4-8(7)11)5-15-2-1-9(12)13/h6-8,10-11H,1-5H2,(H,12,13)/t6-,7-,8-/m0/s1. The average Bonchev–Trinajstić information content (AvgIpc) is 2.18. The third kappa shape index (κ3) is 4.83. The fraction of sp³-hybridized carbons (Fsp3) is 0.889. The zero-order valence-electron chi connectivity index (χ0n) is 8.33. The van der Waals surface area contributed by atoms with Gasteiger partial charge in [-0.1, -0.05) is 0 Å². The van der Waals surface area contributed by atoms with E-state index >= 15 is 0 Å². The first-order valence-corrected chi connectivity index (χ1v) is 6.02. The summed E-state index contributed by atoms with van der Waals surface area (Å²) in [5.41, 5.74) is 0. The lowest BCUT2D eigenvalue weighted by Gasteiger charge is -2.30. The van der Waals surface area contributed by atoms with Crippen molar-refractivity contribution in [3.63, 3.8) is 0 Å². The van der Waals surface area contributed by atoms with Crippen molar-refractivity contribution >= 4 is 17.7 Å². The maximum absolute atomic E-state index is 10.2. The summed E-state index contributed by atoms with van der Waals surface area (Å²) in [5, 5.41) is 26.9. The SMILES string of the molecule is O=C(O)CCSC[C@@H]1C[C@H](O)[C@@H](O)CO1. The van der Waals surface area contributed by atoms with E-state index in [0.29, 0.717) is 17.9 Å². The number of carbonyl (C=O) groups is 1. The van der Waals surface area contributed by atoms with Crippen LogP contribution >= 0.6 is 11.8 Å². The first kappa shape index (κ1) is 12.8. The first-order valence-electron chi connectivity index (χ1n) is 4.87. The van der Waals surface area contributed by atoms with E-state index in [2.05, 4.69) is 0 Å². The summed E-state index contributed by atoms with van der Waals surface area (Å²) >= 11 is 1.49. The van der Waals surface area contributed by atoms with Gasteiger partial charge in [-0.05, 0) is 0 Å². The number of hydrogen-bond acceptors (Lipinski definition) is 5. The summed E-state index contributed by atoms with van der Waals surface area (Å²) in [4.78, 5) is 10.2. The topological polar surface area (TPSA) is 87.0 Å². The minimum Gasteiger partial charge on any atom is -0.481 e. The van der Waals surface area contributed by atoms with Gasteiger partial charge in [-0.15, -0.1) is 0 Å². The van der Waals surface area contributed by atoms with Crippen LogP contribution in [0.1, 0.15) is 12.8 Å². The van der Waals surface area contributed by atoms with Crippen LogP contribution < -0.4 is 0 Å².